The standard InChI is InChI=1S/C16H14ClFN2/c1-10-5-15-16(6-11(10)2)20(9-19-15)8-12-3-4-13(17)7-14(12)18/h3-7,9H,8H2,1-2H3. The van der Waals surface area contributed by atoms with E-state index in [-0.39, 0.29) is 5.82 Å². The highest BCUT2D eigenvalue weighted by atomic mass is 35.5. The maximum atomic E-state index is 13.9. The monoisotopic (exact) mass is 288 g/mol. The Morgan fingerprint density at radius 3 is 2.65 bits per heavy atom. The van der Waals surface area contributed by atoms with Gasteiger partial charge >= 0.3 is 0 Å². The van der Waals surface area contributed by atoms with Gasteiger partial charge in [-0.05, 0) is 49.2 Å². The highest BCUT2D eigenvalue weighted by molar-refractivity contribution is 6.30. The fraction of sp³-hybridized carbons (Fsp3) is 0.188. The largest absolute Gasteiger partial charge is 0.326 e. The van der Waals surface area contributed by atoms with Crippen molar-refractivity contribution in [1.82, 2.24) is 9.55 Å². The van der Waals surface area contributed by atoms with E-state index < -0.39 is 0 Å². The molecule has 3 rings (SSSR count). The summed E-state index contributed by atoms with van der Waals surface area (Å²) in [7, 11) is 0. The molecular formula is C16H14ClFN2. The molecule has 1 aromatic heterocycles. The molecule has 0 aliphatic rings. The van der Waals surface area contributed by atoms with E-state index >= 15 is 0 Å². The van der Waals surface area contributed by atoms with Gasteiger partial charge in [-0.15, -0.1) is 0 Å². The minimum absolute atomic E-state index is 0.289. The number of hydrogen-bond donors (Lipinski definition) is 0. The summed E-state index contributed by atoms with van der Waals surface area (Å²) in [6, 6.07) is 8.90. The zero-order chi connectivity index (χ0) is 14.3. The Morgan fingerprint density at radius 2 is 1.90 bits per heavy atom. The van der Waals surface area contributed by atoms with Gasteiger partial charge in [-0.2, -0.15) is 0 Å². The van der Waals surface area contributed by atoms with Crippen molar-refractivity contribution in [3.05, 3.63) is 64.2 Å². The average Bonchev–Trinajstić information content (AvgIpc) is 2.76. The smallest absolute Gasteiger partial charge is 0.129 e. The van der Waals surface area contributed by atoms with Gasteiger partial charge < -0.3 is 4.57 Å². The van der Waals surface area contributed by atoms with Crippen LogP contribution in [0.2, 0.25) is 5.02 Å². The number of halogens is 2. The number of nitrogens with zero attached hydrogens (tertiary/aromatic N) is 2. The molecule has 0 amide bonds. The van der Waals surface area contributed by atoms with Crippen molar-refractivity contribution < 1.29 is 4.39 Å². The van der Waals surface area contributed by atoms with E-state index in [0.717, 1.165) is 11.0 Å². The average molecular weight is 289 g/mol. The zero-order valence-corrected chi connectivity index (χ0v) is 12.1. The molecule has 0 fully saturated rings. The normalized spacial score (nSPS) is 11.2. The van der Waals surface area contributed by atoms with Crippen LogP contribution in [0.5, 0.6) is 0 Å². The Balaban J connectivity index is 2.04. The lowest BCUT2D eigenvalue weighted by molar-refractivity contribution is 0.601. The van der Waals surface area contributed by atoms with Gasteiger partial charge in [-0.25, -0.2) is 9.37 Å². The maximum absolute atomic E-state index is 13.9. The highest BCUT2D eigenvalue weighted by Gasteiger charge is 2.08. The molecule has 4 heteroatoms. The van der Waals surface area contributed by atoms with Crippen molar-refractivity contribution in [2.24, 2.45) is 0 Å². The van der Waals surface area contributed by atoms with Gasteiger partial charge in [-0.3, -0.25) is 0 Å². The number of hydrogen-bond acceptors (Lipinski definition) is 1. The minimum Gasteiger partial charge on any atom is -0.326 e. The van der Waals surface area contributed by atoms with Crippen LogP contribution in [0.15, 0.2) is 36.7 Å². The molecule has 102 valence electrons. The van der Waals surface area contributed by atoms with E-state index in [1.165, 1.54) is 17.2 Å². The van der Waals surface area contributed by atoms with Gasteiger partial charge in [-0.1, -0.05) is 17.7 Å². The minimum atomic E-state index is -0.289. The molecule has 2 nitrogen and oxygen atoms in total. The first-order chi connectivity index (χ1) is 9.54. The number of rotatable bonds is 2. The predicted molar refractivity (Wildman–Crippen MR) is 79.7 cm³/mol. The lowest BCUT2D eigenvalue weighted by atomic mass is 10.1. The molecule has 0 spiro atoms. The number of imidazole rings is 1. The Morgan fingerprint density at radius 1 is 1.15 bits per heavy atom. The SMILES string of the molecule is Cc1cc2ncn(Cc3ccc(Cl)cc3F)c2cc1C. The highest BCUT2D eigenvalue weighted by Crippen LogP contribution is 2.21. The van der Waals surface area contributed by atoms with Crippen LogP contribution in [0.25, 0.3) is 11.0 Å². The van der Waals surface area contributed by atoms with Crippen molar-refractivity contribution in [2.45, 2.75) is 20.4 Å². The van der Waals surface area contributed by atoms with Crippen molar-refractivity contribution in [1.29, 1.82) is 0 Å². The van der Waals surface area contributed by atoms with Crippen LogP contribution in [0, 0.1) is 19.7 Å². The van der Waals surface area contributed by atoms with Crippen molar-refractivity contribution in [2.75, 3.05) is 0 Å². The molecule has 0 aliphatic heterocycles. The molecule has 2 aromatic carbocycles. The van der Waals surface area contributed by atoms with Crippen LogP contribution >= 0.6 is 11.6 Å². The summed E-state index contributed by atoms with van der Waals surface area (Å²) < 4.78 is 15.8. The van der Waals surface area contributed by atoms with Gasteiger partial charge in [0.25, 0.3) is 0 Å². The van der Waals surface area contributed by atoms with Crippen molar-refractivity contribution >= 4 is 22.6 Å². The zero-order valence-electron chi connectivity index (χ0n) is 11.3. The maximum Gasteiger partial charge on any atom is 0.129 e. The lowest BCUT2D eigenvalue weighted by Crippen LogP contribution is -2.00. The number of fused-ring (bicyclic) bond motifs is 1. The summed E-state index contributed by atoms with van der Waals surface area (Å²) in [6.45, 7) is 4.57. The summed E-state index contributed by atoms with van der Waals surface area (Å²) in [5, 5.41) is 0.410. The van der Waals surface area contributed by atoms with E-state index in [2.05, 4.69) is 31.0 Å². The molecule has 0 N–H and O–H groups in total. The van der Waals surface area contributed by atoms with Crippen molar-refractivity contribution in [3.63, 3.8) is 0 Å². The Labute approximate surface area is 121 Å². The second kappa shape index (κ2) is 4.91. The summed E-state index contributed by atoms with van der Waals surface area (Å²) >= 11 is 5.77. The van der Waals surface area contributed by atoms with Crippen LogP contribution < -0.4 is 0 Å². The number of benzene rings is 2. The molecule has 0 aliphatic carbocycles. The lowest BCUT2D eigenvalue weighted by Gasteiger charge is -2.07. The molecule has 0 radical (unpaired) electrons. The van der Waals surface area contributed by atoms with Crippen LogP contribution in [0.1, 0.15) is 16.7 Å². The molecule has 0 unspecified atom stereocenters. The van der Waals surface area contributed by atoms with E-state index in [9.17, 15) is 4.39 Å². The van der Waals surface area contributed by atoms with E-state index in [0.29, 0.717) is 17.1 Å². The summed E-state index contributed by atoms with van der Waals surface area (Å²) in [6.07, 6.45) is 1.75. The van der Waals surface area contributed by atoms with Crippen LogP contribution in [0.4, 0.5) is 4.39 Å². The Hall–Kier alpha value is -1.87. The summed E-state index contributed by atoms with van der Waals surface area (Å²) in [5.74, 6) is -0.289. The van der Waals surface area contributed by atoms with Gasteiger partial charge in [0, 0.05) is 10.6 Å². The molecular weight excluding hydrogens is 275 g/mol. The van der Waals surface area contributed by atoms with Gasteiger partial charge in [0.05, 0.1) is 23.9 Å². The Kier molecular flexibility index (Phi) is 3.22. The second-order valence-electron chi connectivity index (χ2n) is 5.03. The first-order valence-corrected chi connectivity index (χ1v) is 6.78. The third-order valence-electron chi connectivity index (χ3n) is 3.59. The first kappa shape index (κ1) is 13.1. The van der Waals surface area contributed by atoms with E-state index in [1.54, 1.807) is 18.5 Å². The van der Waals surface area contributed by atoms with E-state index in [4.69, 9.17) is 11.6 Å². The molecule has 1 heterocycles. The Bertz CT molecular complexity index is 793. The van der Waals surface area contributed by atoms with E-state index in [1.807, 2.05) is 4.57 Å². The summed E-state index contributed by atoms with van der Waals surface area (Å²) in [4.78, 5) is 4.38. The fourth-order valence-corrected chi connectivity index (χ4v) is 2.43. The molecule has 0 saturated heterocycles. The molecule has 0 atom stereocenters. The third kappa shape index (κ3) is 2.29. The number of aryl methyl sites for hydroxylation is 2. The molecule has 3 aromatic rings. The molecule has 0 saturated carbocycles. The van der Waals surface area contributed by atoms with Crippen LogP contribution in [-0.4, -0.2) is 9.55 Å². The molecule has 20 heavy (non-hydrogen) atoms. The van der Waals surface area contributed by atoms with Gasteiger partial charge in [0.2, 0.25) is 0 Å². The van der Waals surface area contributed by atoms with Crippen molar-refractivity contribution in [3.8, 4) is 0 Å². The first-order valence-electron chi connectivity index (χ1n) is 6.40. The predicted octanol–water partition coefficient (Wildman–Crippen LogP) is 4.49. The topological polar surface area (TPSA) is 17.8 Å². The second-order valence-corrected chi connectivity index (χ2v) is 5.47. The number of aromatic nitrogens is 2. The fourth-order valence-electron chi connectivity index (χ4n) is 2.27. The quantitative estimate of drug-likeness (QED) is 0.679. The van der Waals surface area contributed by atoms with Crippen LogP contribution in [-0.2, 0) is 6.54 Å². The van der Waals surface area contributed by atoms with Crippen LogP contribution in [0.3, 0.4) is 0 Å². The summed E-state index contributed by atoms with van der Waals surface area (Å²) in [5.41, 5.74) is 4.97. The third-order valence-corrected chi connectivity index (χ3v) is 3.83. The molecule has 0 bridgehead atoms. The van der Waals surface area contributed by atoms with Gasteiger partial charge in [0.15, 0.2) is 0 Å². The van der Waals surface area contributed by atoms with Gasteiger partial charge in [0.1, 0.15) is 5.82 Å².